The Labute approximate surface area is 91.0 Å². The van der Waals surface area contributed by atoms with Crippen molar-refractivity contribution < 1.29 is 14.6 Å². The fraction of sp³-hybridized carbons (Fsp3) is 0.727. The Bertz CT molecular complexity index is 263. The lowest BCUT2D eigenvalue weighted by Gasteiger charge is -2.31. The number of hydrogen-bond acceptors (Lipinski definition) is 4. The van der Waals surface area contributed by atoms with Gasteiger partial charge in [0.1, 0.15) is 5.76 Å². The van der Waals surface area contributed by atoms with Crippen LogP contribution in [0.3, 0.4) is 0 Å². The van der Waals surface area contributed by atoms with Gasteiger partial charge < -0.3 is 14.6 Å². The van der Waals surface area contributed by atoms with Crippen LogP contribution in [0.5, 0.6) is 0 Å². The van der Waals surface area contributed by atoms with Crippen LogP contribution in [0.25, 0.3) is 0 Å². The second-order valence-electron chi connectivity index (χ2n) is 4.61. The van der Waals surface area contributed by atoms with Crippen LogP contribution in [-0.4, -0.2) is 26.4 Å². The highest BCUT2D eigenvalue weighted by atomic mass is 16.4. The maximum Gasteiger partial charge on any atom is 0.191 e. The number of aryl methyl sites for hydroxylation is 2. The molecular weight excluding hydrogens is 194 g/mol. The van der Waals surface area contributed by atoms with Crippen LogP contribution in [0, 0.1) is 13.8 Å². The molecule has 2 N–H and O–H groups in total. The SMILES string of the molecule is CC(C)(O)C(C)(C)O.Cc1cnc(C)o1. The molecule has 15 heavy (non-hydrogen) atoms. The fourth-order valence-corrected chi connectivity index (χ4v) is 0.467. The van der Waals surface area contributed by atoms with Gasteiger partial charge in [-0.15, -0.1) is 0 Å². The Morgan fingerprint density at radius 3 is 1.53 bits per heavy atom. The molecule has 0 saturated carbocycles. The lowest BCUT2D eigenvalue weighted by Crippen LogP contribution is -2.44. The van der Waals surface area contributed by atoms with Crippen molar-refractivity contribution in [3.63, 3.8) is 0 Å². The van der Waals surface area contributed by atoms with E-state index in [1.807, 2.05) is 13.8 Å². The molecule has 4 nitrogen and oxygen atoms in total. The normalized spacial score (nSPS) is 12.0. The zero-order valence-corrected chi connectivity index (χ0v) is 10.3. The van der Waals surface area contributed by atoms with E-state index < -0.39 is 11.2 Å². The molecule has 0 amide bonds. The molecule has 1 aromatic heterocycles. The van der Waals surface area contributed by atoms with Crippen molar-refractivity contribution >= 4 is 0 Å². The highest BCUT2D eigenvalue weighted by Crippen LogP contribution is 2.19. The Balaban J connectivity index is 0.000000262. The molecule has 0 aromatic carbocycles. The third-order valence-electron chi connectivity index (χ3n) is 2.23. The maximum atomic E-state index is 9.10. The summed E-state index contributed by atoms with van der Waals surface area (Å²) in [5.74, 6) is 1.61. The van der Waals surface area contributed by atoms with E-state index in [9.17, 15) is 0 Å². The van der Waals surface area contributed by atoms with Crippen LogP contribution in [0.1, 0.15) is 39.3 Å². The van der Waals surface area contributed by atoms with E-state index in [-0.39, 0.29) is 0 Å². The lowest BCUT2D eigenvalue weighted by molar-refractivity contribution is -0.107. The smallest absolute Gasteiger partial charge is 0.191 e. The van der Waals surface area contributed by atoms with Crippen molar-refractivity contribution in [2.45, 2.75) is 52.7 Å². The van der Waals surface area contributed by atoms with Gasteiger partial charge in [0, 0.05) is 6.92 Å². The van der Waals surface area contributed by atoms with E-state index in [0.717, 1.165) is 11.7 Å². The molecule has 0 aliphatic heterocycles. The minimum atomic E-state index is -1.01. The molecule has 0 radical (unpaired) electrons. The number of hydrogen-bond donors (Lipinski definition) is 2. The van der Waals surface area contributed by atoms with Gasteiger partial charge in [-0.1, -0.05) is 0 Å². The first-order valence-corrected chi connectivity index (χ1v) is 4.88. The van der Waals surface area contributed by atoms with Crippen molar-refractivity contribution in [2.24, 2.45) is 0 Å². The van der Waals surface area contributed by atoms with Gasteiger partial charge in [0.2, 0.25) is 0 Å². The summed E-state index contributed by atoms with van der Waals surface area (Å²) in [6.07, 6.45) is 1.70. The number of rotatable bonds is 1. The number of oxazole rings is 1. The molecule has 0 saturated heterocycles. The van der Waals surface area contributed by atoms with E-state index in [1.54, 1.807) is 33.9 Å². The van der Waals surface area contributed by atoms with Gasteiger partial charge in [-0.2, -0.15) is 0 Å². The van der Waals surface area contributed by atoms with Crippen molar-refractivity contribution in [3.05, 3.63) is 17.8 Å². The summed E-state index contributed by atoms with van der Waals surface area (Å²) < 4.78 is 4.97. The van der Waals surface area contributed by atoms with E-state index in [4.69, 9.17) is 14.6 Å². The molecule has 88 valence electrons. The van der Waals surface area contributed by atoms with Crippen molar-refractivity contribution in [3.8, 4) is 0 Å². The van der Waals surface area contributed by atoms with Crippen molar-refractivity contribution in [1.29, 1.82) is 0 Å². The second kappa shape index (κ2) is 4.77. The third-order valence-corrected chi connectivity index (χ3v) is 2.23. The van der Waals surface area contributed by atoms with Crippen LogP contribution in [0.4, 0.5) is 0 Å². The van der Waals surface area contributed by atoms with Crippen molar-refractivity contribution in [2.75, 3.05) is 0 Å². The molecule has 0 atom stereocenters. The quantitative estimate of drug-likeness (QED) is 0.750. The summed E-state index contributed by atoms with van der Waals surface area (Å²) in [5.41, 5.74) is -2.01. The monoisotopic (exact) mass is 215 g/mol. The Hall–Kier alpha value is -0.870. The maximum absolute atomic E-state index is 9.10. The molecule has 0 aliphatic rings. The van der Waals surface area contributed by atoms with Gasteiger partial charge in [-0.25, -0.2) is 4.98 Å². The molecule has 0 aliphatic carbocycles. The minimum Gasteiger partial charge on any atom is -0.446 e. The van der Waals surface area contributed by atoms with Gasteiger partial charge in [0.05, 0.1) is 17.4 Å². The minimum absolute atomic E-state index is 0.734. The summed E-state index contributed by atoms with van der Waals surface area (Å²) in [6, 6.07) is 0. The Kier molecular flexibility index (Phi) is 4.49. The highest BCUT2D eigenvalue weighted by molar-refractivity contribution is 4.87. The average Bonchev–Trinajstić information content (AvgIpc) is 2.31. The summed E-state index contributed by atoms with van der Waals surface area (Å²) in [6.45, 7) is 10.0. The van der Waals surface area contributed by atoms with Gasteiger partial charge in [0.15, 0.2) is 5.89 Å². The number of aliphatic hydroxyl groups is 2. The van der Waals surface area contributed by atoms with E-state index in [1.165, 1.54) is 0 Å². The molecule has 0 spiro atoms. The largest absolute Gasteiger partial charge is 0.446 e. The predicted octanol–water partition coefficient (Wildman–Crippen LogP) is 1.82. The Morgan fingerprint density at radius 1 is 1.07 bits per heavy atom. The van der Waals surface area contributed by atoms with Gasteiger partial charge in [0.25, 0.3) is 0 Å². The number of nitrogens with zero attached hydrogens (tertiary/aromatic N) is 1. The van der Waals surface area contributed by atoms with E-state index in [0.29, 0.717) is 0 Å². The molecule has 0 unspecified atom stereocenters. The molecule has 0 fully saturated rings. The molecule has 1 aromatic rings. The summed E-state index contributed by atoms with van der Waals surface area (Å²) in [5, 5.41) is 18.2. The van der Waals surface area contributed by atoms with E-state index >= 15 is 0 Å². The van der Waals surface area contributed by atoms with Gasteiger partial charge >= 0.3 is 0 Å². The average molecular weight is 215 g/mol. The highest BCUT2D eigenvalue weighted by Gasteiger charge is 2.31. The zero-order valence-electron chi connectivity index (χ0n) is 10.3. The first-order chi connectivity index (χ1) is 6.54. The van der Waals surface area contributed by atoms with Crippen LogP contribution < -0.4 is 0 Å². The fourth-order valence-electron chi connectivity index (χ4n) is 0.467. The zero-order chi connectivity index (χ0) is 12.3. The number of aromatic nitrogens is 1. The van der Waals surface area contributed by atoms with Crippen LogP contribution in [0.2, 0.25) is 0 Å². The molecule has 1 heterocycles. The van der Waals surface area contributed by atoms with Crippen LogP contribution in [0.15, 0.2) is 10.6 Å². The summed E-state index contributed by atoms with van der Waals surface area (Å²) in [7, 11) is 0. The molecule has 4 heteroatoms. The lowest BCUT2D eigenvalue weighted by atomic mass is 9.90. The first-order valence-electron chi connectivity index (χ1n) is 4.88. The first kappa shape index (κ1) is 14.1. The van der Waals surface area contributed by atoms with E-state index in [2.05, 4.69) is 4.98 Å². The topological polar surface area (TPSA) is 66.5 Å². The second-order valence-corrected chi connectivity index (χ2v) is 4.61. The standard InChI is InChI=1S/C6H14O2.C5H7NO/c1-5(2,7)6(3,4)8;1-4-3-6-5(2)7-4/h7-8H,1-4H3;3H,1-2H3. The predicted molar refractivity (Wildman–Crippen MR) is 58.6 cm³/mol. The molecule has 0 bridgehead atoms. The summed E-state index contributed by atoms with van der Waals surface area (Å²) in [4.78, 5) is 3.85. The van der Waals surface area contributed by atoms with Crippen LogP contribution in [-0.2, 0) is 0 Å². The van der Waals surface area contributed by atoms with Gasteiger partial charge in [-0.05, 0) is 34.6 Å². The van der Waals surface area contributed by atoms with Crippen LogP contribution >= 0.6 is 0 Å². The summed E-state index contributed by atoms with van der Waals surface area (Å²) >= 11 is 0. The Morgan fingerprint density at radius 2 is 1.47 bits per heavy atom. The third kappa shape index (κ3) is 5.54. The van der Waals surface area contributed by atoms with Gasteiger partial charge in [-0.3, -0.25) is 0 Å². The molecular formula is C11H21NO3. The molecule has 1 rings (SSSR count). The van der Waals surface area contributed by atoms with Crippen molar-refractivity contribution in [1.82, 2.24) is 4.98 Å².